The van der Waals surface area contributed by atoms with Crippen LogP contribution in [0.2, 0.25) is 5.02 Å². The van der Waals surface area contributed by atoms with E-state index >= 15 is 0 Å². The van der Waals surface area contributed by atoms with Crippen LogP contribution in [0.5, 0.6) is 0 Å². The van der Waals surface area contributed by atoms with E-state index in [0.717, 1.165) is 43.6 Å². The molecule has 1 unspecified atom stereocenters. The van der Waals surface area contributed by atoms with Gasteiger partial charge in [-0.05, 0) is 51.9 Å². The molecule has 16 heteroatoms. The molecule has 1 aliphatic heterocycles. The van der Waals surface area contributed by atoms with Crippen molar-refractivity contribution in [3.8, 4) is 0 Å². The van der Waals surface area contributed by atoms with E-state index < -0.39 is 34.6 Å². The fourth-order valence-electron chi connectivity index (χ4n) is 4.69. The third kappa shape index (κ3) is 6.85. The van der Waals surface area contributed by atoms with Crippen LogP contribution in [0.4, 0.5) is 19.0 Å². The lowest BCUT2D eigenvalue weighted by Crippen LogP contribution is -2.31. The number of aromatic nitrogens is 6. The molecule has 0 bridgehead atoms. The first-order valence-electron chi connectivity index (χ1n) is 13.3. The Morgan fingerprint density at radius 3 is 2.60 bits per heavy atom. The molecule has 4 aromatic heterocycles. The molecule has 0 saturated carbocycles. The molecule has 0 aliphatic carbocycles. The fourth-order valence-corrected chi connectivity index (χ4v) is 5.71. The Morgan fingerprint density at radius 2 is 1.83 bits per heavy atom. The Bertz CT molecular complexity index is 1590. The second-order valence-corrected chi connectivity index (χ2v) is 11.3. The van der Waals surface area contributed by atoms with Crippen molar-refractivity contribution in [3.05, 3.63) is 57.1 Å². The number of amides is 2. The van der Waals surface area contributed by atoms with E-state index in [-0.39, 0.29) is 16.4 Å². The third-order valence-electron chi connectivity index (χ3n) is 6.81. The monoisotopic (exact) mass is 621 g/mol. The van der Waals surface area contributed by atoms with Crippen LogP contribution in [-0.4, -0.2) is 66.1 Å². The zero-order chi connectivity index (χ0) is 29.9. The van der Waals surface area contributed by atoms with Gasteiger partial charge in [-0.2, -0.15) is 18.3 Å². The third-order valence-corrected chi connectivity index (χ3v) is 8.29. The highest BCUT2D eigenvalue weighted by atomic mass is 35.5. The molecule has 0 spiro atoms. The van der Waals surface area contributed by atoms with Crippen molar-refractivity contribution >= 4 is 51.6 Å². The van der Waals surface area contributed by atoms with Crippen LogP contribution < -0.4 is 10.6 Å². The molecule has 0 aromatic carbocycles. The minimum atomic E-state index is -4.70. The number of nitrogens with zero attached hydrogens (tertiary/aromatic N) is 7. The summed E-state index contributed by atoms with van der Waals surface area (Å²) in [7, 11) is 0. The van der Waals surface area contributed by atoms with Crippen molar-refractivity contribution in [1.82, 2.24) is 39.9 Å². The largest absolute Gasteiger partial charge is 0.418 e. The summed E-state index contributed by atoms with van der Waals surface area (Å²) in [6.07, 6.45) is 4.96. The molecule has 5 rings (SSSR count). The number of piperidine rings is 1. The summed E-state index contributed by atoms with van der Waals surface area (Å²) >= 11 is 6.57. The maximum absolute atomic E-state index is 13.1. The molecule has 4 aromatic rings. The molecule has 42 heavy (non-hydrogen) atoms. The lowest BCUT2D eigenvalue weighted by Gasteiger charge is -2.26. The Balaban J connectivity index is 1.21. The summed E-state index contributed by atoms with van der Waals surface area (Å²) in [6.45, 7) is 5.59. The van der Waals surface area contributed by atoms with Gasteiger partial charge in [0.15, 0.2) is 5.65 Å². The summed E-state index contributed by atoms with van der Waals surface area (Å²) < 4.78 is 41.2. The second-order valence-electron chi connectivity index (χ2n) is 9.84. The average Bonchev–Trinajstić information content (AvgIpc) is 3.62. The van der Waals surface area contributed by atoms with Gasteiger partial charge in [0.05, 0.1) is 34.4 Å². The van der Waals surface area contributed by atoms with Gasteiger partial charge in [0.25, 0.3) is 11.8 Å². The number of rotatable bonds is 9. The number of hydrogen-bond donors (Lipinski definition) is 2. The van der Waals surface area contributed by atoms with Crippen molar-refractivity contribution in [1.29, 1.82) is 0 Å². The Morgan fingerprint density at radius 1 is 1.05 bits per heavy atom. The second kappa shape index (κ2) is 12.7. The first-order valence-corrected chi connectivity index (χ1v) is 14.5. The zero-order valence-corrected chi connectivity index (χ0v) is 24.1. The molecule has 11 nitrogen and oxygen atoms in total. The number of aryl methyl sites for hydroxylation is 1. The number of fused-ring (bicyclic) bond motifs is 1. The van der Waals surface area contributed by atoms with Gasteiger partial charge < -0.3 is 15.5 Å². The van der Waals surface area contributed by atoms with E-state index in [4.69, 9.17) is 11.6 Å². The minimum absolute atomic E-state index is 0.117. The van der Waals surface area contributed by atoms with Crippen LogP contribution in [0.15, 0.2) is 31.0 Å². The standard InChI is InChI=1S/C26H27ClF3N9O2S/c1-15(25-32-13-19(42-25)23(40)37-20-10-17(26(28,29)30)18(27)12-31-20)36-24(41)21-16-11-35-39(22(16)34-14-33-21)9-5-8-38-6-3-2-4-7-38/h10-15H,2-9H2,1H3,(H,36,41)(H,31,37,40). The van der Waals surface area contributed by atoms with Crippen molar-refractivity contribution in [2.45, 2.75) is 51.4 Å². The molecular formula is C26H27ClF3N9O2S. The van der Waals surface area contributed by atoms with Gasteiger partial charge in [-0.1, -0.05) is 18.0 Å². The summed E-state index contributed by atoms with van der Waals surface area (Å²) in [6, 6.07) is 0.0591. The molecular weight excluding hydrogens is 595 g/mol. The molecule has 222 valence electrons. The topological polar surface area (TPSA) is 131 Å². The Hall–Kier alpha value is -3.69. The van der Waals surface area contributed by atoms with Crippen LogP contribution in [0, 0.1) is 0 Å². The van der Waals surface area contributed by atoms with E-state index in [0.29, 0.717) is 28.7 Å². The number of thiazole rings is 1. The van der Waals surface area contributed by atoms with Crippen LogP contribution in [0.3, 0.4) is 0 Å². The number of likely N-dealkylation sites (tertiary alicyclic amines) is 1. The highest BCUT2D eigenvalue weighted by Crippen LogP contribution is 2.35. The number of carbonyl (C=O) groups is 2. The first kappa shape index (κ1) is 29.8. The first-order chi connectivity index (χ1) is 20.1. The van der Waals surface area contributed by atoms with Gasteiger partial charge in [0, 0.05) is 12.7 Å². The molecule has 2 amide bonds. The molecule has 1 aliphatic rings. The summed E-state index contributed by atoms with van der Waals surface area (Å²) in [5.74, 6) is -1.48. The highest BCUT2D eigenvalue weighted by Gasteiger charge is 2.34. The maximum Gasteiger partial charge on any atom is 0.418 e. The van der Waals surface area contributed by atoms with E-state index in [2.05, 4.69) is 40.6 Å². The lowest BCUT2D eigenvalue weighted by atomic mass is 10.1. The lowest BCUT2D eigenvalue weighted by molar-refractivity contribution is -0.137. The predicted octanol–water partition coefficient (Wildman–Crippen LogP) is 4.97. The fraction of sp³-hybridized carbons (Fsp3) is 0.423. The number of pyridine rings is 1. The van der Waals surface area contributed by atoms with Crippen molar-refractivity contribution in [2.24, 2.45) is 0 Å². The Labute approximate surface area is 247 Å². The molecule has 2 N–H and O–H groups in total. The molecule has 0 radical (unpaired) electrons. The van der Waals surface area contributed by atoms with E-state index in [1.54, 1.807) is 17.8 Å². The SMILES string of the molecule is CC(NC(=O)c1ncnc2c1cnn2CCCN1CCCCC1)c1ncc(C(=O)Nc2cc(C(F)(F)F)c(Cl)cn2)s1. The summed E-state index contributed by atoms with van der Waals surface area (Å²) in [5.41, 5.74) is -0.380. The van der Waals surface area contributed by atoms with Crippen LogP contribution in [-0.2, 0) is 12.7 Å². The Kier molecular flexibility index (Phi) is 8.99. The van der Waals surface area contributed by atoms with E-state index in [1.165, 1.54) is 31.8 Å². The van der Waals surface area contributed by atoms with Crippen molar-refractivity contribution in [2.75, 3.05) is 25.0 Å². The van der Waals surface area contributed by atoms with Crippen LogP contribution in [0.25, 0.3) is 11.0 Å². The molecule has 5 heterocycles. The normalized spacial score (nSPS) is 15.1. The number of carbonyl (C=O) groups excluding carboxylic acids is 2. The van der Waals surface area contributed by atoms with Gasteiger partial charge in [0.2, 0.25) is 0 Å². The number of nitrogens with one attached hydrogen (secondary N) is 2. The van der Waals surface area contributed by atoms with Gasteiger partial charge >= 0.3 is 6.18 Å². The van der Waals surface area contributed by atoms with E-state index in [9.17, 15) is 22.8 Å². The van der Waals surface area contributed by atoms with Crippen LogP contribution >= 0.6 is 22.9 Å². The van der Waals surface area contributed by atoms with E-state index in [1.807, 2.05) is 0 Å². The predicted molar refractivity (Wildman–Crippen MR) is 150 cm³/mol. The summed E-state index contributed by atoms with van der Waals surface area (Å²) in [5, 5.41) is 9.92. The van der Waals surface area contributed by atoms with Gasteiger partial charge in [-0.15, -0.1) is 11.3 Å². The zero-order valence-electron chi connectivity index (χ0n) is 22.5. The average molecular weight is 622 g/mol. The maximum atomic E-state index is 13.1. The molecule has 1 fully saturated rings. The van der Waals surface area contributed by atoms with Crippen molar-refractivity contribution in [3.63, 3.8) is 0 Å². The van der Waals surface area contributed by atoms with Crippen LogP contribution in [0.1, 0.15) is 69.4 Å². The quantitative estimate of drug-likeness (QED) is 0.268. The smallest absolute Gasteiger partial charge is 0.342 e. The molecule has 1 saturated heterocycles. The highest BCUT2D eigenvalue weighted by molar-refractivity contribution is 7.13. The number of halogens is 4. The van der Waals surface area contributed by atoms with Crippen molar-refractivity contribution < 1.29 is 22.8 Å². The minimum Gasteiger partial charge on any atom is -0.342 e. The van der Waals surface area contributed by atoms with Gasteiger partial charge in [-0.25, -0.2) is 24.6 Å². The number of anilines is 1. The summed E-state index contributed by atoms with van der Waals surface area (Å²) in [4.78, 5) is 44.8. The van der Waals surface area contributed by atoms with Gasteiger partial charge in [-0.3, -0.25) is 9.59 Å². The number of alkyl halides is 3. The number of hydrogen-bond acceptors (Lipinski definition) is 9. The van der Waals surface area contributed by atoms with Gasteiger partial charge in [0.1, 0.15) is 27.7 Å². The molecule has 1 atom stereocenters.